The summed E-state index contributed by atoms with van der Waals surface area (Å²) in [4.78, 5) is 27.8. The maximum atomic E-state index is 13.4. The SMILES string of the molecule is C1CNC1.CC1(C)C(=O)N(C2C3CC4CC2CC(C(=O)O)(C4)C3)C1c1cccc2ccccc12. The van der Waals surface area contributed by atoms with E-state index >= 15 is 0 Å². The zero-order valence-corrected chi connectivity index (χ0v) is 20.3. The molecule has 6 fully saturated rings. The van der Waals surface area contributed by atoms with Gasteiger partial charge in [0.1, 0.15) is 0 Å². The van der Waals surface area contributed by atoms with Crippen molar-refractivity contribution in [3.05, 3.63) is 48.0 Å². The third-order valence-corrected chi connectivity index (χ3v) is 9.57. The van der Waals surface area contributed by atoms with Crippen LogP contribution in [0.4, 0.5) is 0 Å². The molecule has 2 aromatic rings. The number of hydrogen-bond donors (Lipinski definition) is 2. The largest absolute Gasteiger partial charge is 0.481 e. The molecule has 5 heteroatoms. The molecule has 3 unspecified atom stereocenters. The summed E-state index contributed by atoms with van der Waals surface area (Å²) in [5.41, 5.74) is 0.272. The maximum absolute atomic E-state index is 13.4. The minimum Gasteiger partial charge on any atom is -0.481 e. The predicted octanol–water partition coefficient (Wildman–Crippen LogP) is 5.01. The van der Waals surface area contributed by atoms with Crippen molar-refractivity contribution in [2.75, 3.05) is 13.1 Å². The molecule has 0 spiro atoms. The number of amides is 1. The van der Waals surface area contributed by atoms with Crippen LogP contribution in [0.25, 0.3) is 10.8 Å². The molecule has 8 rings (SSSR count). The molecular formula is C29H36N2O3. The Morgan fingerprint density at radius 2 is 1.62 bits per heavy atom. The van der Waals surface area contributed by atoms with Gasteiger partial charge in [0, 0.05) is 6.04 Å². The smallest absolute Gasteiger partial charge is 0.309 e. The number of benzene rings is 2. The Balaban J connectivity index is 0.000000495. The summed E-state index contributed by atoms with van der Waals surface area (Å²) in [6.45, 7) is 6.65. The van der Waals surface area contributed by atoms with Gasteiger partial charge in [0.25, 0.3) is 0 Å². The Kier molecular flexibility index (Phi) is 5.07. The monoisotopic (exact) mass is 460 g/mol. The molecule has 1 amide bonds. The van der Waals surface area contributed by atoms with Gasteiger partial charge in [-0.05, 0) is 99.6 Å². The molecule has 4 saturated carbocycles. The van der Waals surface area contributed by atoms with E-state index in [9.17, 15) is 14.7 Å². The summed E-state index contributed by atoms with van der Waals surface area (Å²) >= 11 is 0. The summed E-state index contributed by atoms with van der Waals surface area (Å²) < 4.78 is 0. The lowest BCUT2D eigenvalue weighted by Gasteiger charge is -2.66. The van der Waals surface area contributed by atoms with Crippen LogP contribution in [0.15, 0.2) is 42.5 Å². The molecule has 4 bridgehead atoms. The number of carbonyl (C=O) groups is 2. The van der Waals surface area contributed by atoms with Crippen LogP contribution >= 0.6 is 0 Å². The Morgan fingerprint density at radius 3 is 2.24 bits per heavy atom. The fraction of sp³-hybridized carbons (Fsp3) is 0.586. The Morgan fingerprint density at radius 1 is 1.00 bits per heavy atom. The highest BCUT2D eigenvalue weighted by molar-refractivity contribution is 5.94. The summed E-state index contributed by atoms with van der Waals surface area (Å²) in [6.07, 6.45) is 5.89. The van der Waals surface area contributed by atoms with E-state index in [4.69, 9.17) is 0 Å². The quantitative estimate of drug-likeness (QED) is 0.632. The first-order chi connectivity index (χ1) is 16.3. The van der Waals surface area contributed by atoms with E-state index < -0.39 is 16.8 Å². The van der Waals surface area contributed by atoms with Crippen LogP contribution in [0.5, 0.6) is 0 Å². The van der Waals surface area contributed by atoms with Crippen molar-refractivity contribution in [2.24, 2.45) is 28.6 Å². The number of β-lactam (4-membered cyclic amide) rings is 1. The molecule has 180 valence electrons. The number of nitrogens with zero attached hydrogens (tertiary/aromatic N) is 1. The summed E-state index contributed by atoms with van der Waals surface area (Å²) in [7, 11) is 0. The van der Waals surface area contributed by atoms with Crippen LogP contribution in [0.1, 0.15) is 64.0 Å². The second kappa shape index (κ2) is 7.81. The highest BCUT2D eigenvalue weighted by Gasteiger charge is 2.65. The molecule has 2 heterocycles. The molecule has 2 N–H and O–H groups in total. The third kappa shape index (κ3) is 3.16. The van der Waals surface area contributed by atoms with Crippen molar-refractivity contribution in [1.29, 1.82) is 0 Å². The van der Waals surface area contributed by atoms with Gasteiger partial charge in [-0.1, -0.05) is 42.5 Å². The fourth-order valence-corrected chi connectivity index (χ4v) is 8.07. The van der Waals surface area contributed by atoms with Gasteiger partial charge in [0.05, 0.1) is 16.9 Å². The molecule has 6 aliphatic rings. The second-order valence-corrected chi connectivity index (χ2v) is 12.1. The number of carboxylic acids is 1. The van der Waals surface area contributed by atoms with Gasteiger partial charge in [-0.3, -0.25) is 9.59 Å². The van der Waals surface area contributed by atoms with Crippen molar-refractivity contribution in [3.8, 4) is 0 Å². The molecule has 3 atom stereocenters. The zero-order chi connectivity index (χ0) is 23.7. The molecule has 2 aromatic carbocycles. The first kappa shape index (κ1) is 22.1. The Hall–Kier alpha value is -2.40. The van der Waals surface area contributed by atoms with Crippen LogP contribution in [0.2, 0.25) is 0 Å². The van der Waals surface area contributed by atoms with E-state index in [1.54, 1.807) is 0 Å². The normalized spacial score (nSPS) is 36.9. The van der Waals surface area contributed by atoms with Gasteiger partial charge in [-0.25, -0.2) is 0 Å². The molecule has 2 aliphatic heterocycles. The number of aliphatic carboxylic acids is 1. The average Bonchev–Trinajstić information content (AvgIpc) is 2.76. The van der Waals surface area contributed by atoms with Crippen LogP contribution in [-0.4, -0.2) is 41.0 Å². The second-order valence-electron chi connectivity index (χ2n) is 12.1. The average molecular weight is 461 g/mol. The number of nitrogens with one attached hydrogen (secondary N) is 1. The number of carboxylic acid groups (broad SMARTS) is 1. The lowest BCUT2D eigenvalue weighted by molar-refractivity contribution is -0.202. The van der Waals surface area contributed by atoms with E-state index in [0.717, 1.165) is 32.1 Å². The summed E-state index contributed by atoms with van der Waals surface area (Å²) in [6, 6.07) is 15.1. The lowest BCUT2D eigenvalue weighted by atomic mass is 9.47. The Bertz CT molecular complexity index is 1110. The maximum Gasteiger partial charge on any atom is 0.309 e. The van der Waals surface area contributed by atoms with E-state index in [0.29, 0.717) is 17.8 Å². The van der Waals surface area contributed by atoms with Gasteiger partial charge >= 0.3 is 5.97 Å². The molecule has 0 aromatic heterocycles. The highest BCUT2D eigenvalue weighted by Crippen LogP contribution is 2.64. The third-order valence-electron chi connectivity index (χ3n) is 9.57. The van der Waals surface area contributed by atoms with Crippen LogP contribution in [-0.2, 0) is 9.59 Å². The molecule has 34 heavy (non-hydrogen) atoms. The van der Waals surface area contributed by atoms with Crippen LogP contribution < -0.4 is 5.32 Å². The molecule has 0 radical (unpaired) electrons. The van der Waals surface area contributed by atoms with Crippen LogP contribution in [0, 0.1) is 28.6 Å². The minimum atomic E-state index is -0.610. The van der Waals surface area contributed by atoms with Crippen molar-refractivity contribution in [1.82, 2.24) is 10.2 Å². The Labute approximate surface area is 201 Å². The van der Waals surface area contributed by atoms with Crippen molar-refractivity contribution in [2.45, 2.75) is 64.5 Å². The molecule has 2 saturated heterocycles. The standard InChI is InChI=1S/C26H29NO3.C3H7N/c1-25(2)22(20-9-5-7-16-6-3-4-8-19(16)20)27(23(25)28)21-17-10-15-11-18(21)14-26(12-15,13-17)24(29)30;1-2-4-3-1/h3-9,15,17-18,21-22H,10-14H2,1-2H3,(H,29,30);4H,1-3H2. The fourth-order valence-electron chi connectivity index (χ4n) is 8.07. The predicted molar refractivity (Wildman–Crippen MR) is 132 cm³/mol. The van der Waals surface area contributed by atoms with Gasteiger partial charge in [-0.2, -0.15) is 0 Å². The van der Waals surface area contributed by atoms with Crippen molar-refractivity contribution >= 4 is 22.6 Å². The van der Waals surface area contributed by atoms with Gasteiger partial charge < -0.3 is 15.3 Å². The topological polar surface area (TPSA) is 69.6 Å². The van der Waals surface area contributed by atoms with Crippen LogP contribution in [0.3, 0.4) is 0 Å². The van der Waals surface area contributed by atoms with E-state index in [1.807, 2.05) is 0 Å². The molecule has 5 nitrogen and oxygen atoms in total. The summed E-state index contributed by atoms with van der Waals surface area (Å²) in [5, 5.41) is 15.5. The van der Waals surface area contributed by atoms with E-state index in [1.165, 1.54) is 35.8 Å². The van der Waals surface area contributed by atoms with E-state index in [2.05, 4.69) is 66.5 Å². The number of rotatable bonds is 3. The first-order valence-corrected chi connectivity index (χ1v) is 13.1. The summed E-state index contributed by atoms with van der Waals surface area (Å²) in [5.74, 6) is 0.800. The highest BCUT2D eigenvalue weighted by atomic mass is 16.4. The van der Waals surface area contributed by atoms with Gasteiger partial charge in [0.2, 0.25) is 5.91 Å². The number of likely N-dealkylation sites (tertiary alicyclic amines) is 1. The van der Waals surface area contributed by atoms with Crippen molar-refractivity contribution < 1.29 is 14.7 Å². The van der Waals surface area contributed by atoms with Crippen molar-refractivity contribution in [3.63, 3.8) is 0 Å². The van der Waals surface area contributed by atoms with Gasteiger partial charge in [0.15, 0.2) is 0 Å². The van der Waals surface area contributed by atoms with E-state index in [-0.39, 0.29) is 18.0 Å². The first-order valence-electron chi connectivity index (χ1n) is 13.1. The zero-order valence-electron chi connectivity index (χ0n) is 20.3. The molecular weight excluding hydrogens is 424 g/mol. The number of hydrogen-bond acceptors (Lipinski definition) is 3. The van der Waals surface area contributed by atoms with Gasteiger partial charge in [-0.15, -0.1) is 0 Å². The molecule has 4 aliphatic carbocycles. The number of carbonyl (C=O) groups excluding carboxylic acids is 1. The number of fused-ring (bicyclic) bond motifs is 1. The minimum absolute atomic E-state index is 0.0550. The lowest BCUT2D eigenvalue weighted by Crippen LogP contribution is -2.70.